The van der Waals surface area contributed by atoms with Gasteiger partial charge in [-0.2, -0.15) is 18.4 Å². The van der Waals surface area contributed by atoms with Crippen LogP contribution in [0, 0.1) is 49.4 Å². The summed E-state index contributed by atoms with van der Waals surface area (Å²) >= 11 is 5.32. The molecular weight excluding hydrogens is 771 g/mol. The molecular formula is C45H47ClF3N3O6. The lowest BCUT2D eigenvalue weighted by Gasteiger charge is -2.35. The molecule has 3 atom stereocenters. The van der Waals surface area contributed by atoms with Crippen LogP contribution in [-0.4, -0.2) is 41.6 Å². The van der Waals surface area contributed by atoms with Crippen LogP contribution in [0.4, 0.5) is 13.2 Å². The smallest absolute Gasteiger partial charge is 0.426 e. The van der Waals surface area contributed by atoms with Crippen LogP contribution in [0.3, 0.4) is 0 Å². The maximum Gasteiger partial charge on any atom is 0.426 e. The van der Waals surface area contributed by atoms with Gasteiger partial charge in [-0.3, -0.25) is 19.8 Å². The van der Waals surface area contributed by atoms with E-state index in [2.05, 4.69) is 5.43 Å². The molecule has 1 saturated carbocycles. The van der Waals surface area contributed by atoms with Crippen LogP contribution in [0.2, 0.25) is 0 Å². The summed E-state index contributed by atoms with van der Waals surface area (Å²) in [7, 11) is 1.56. The molecule has 1 unspecified atom stereocenters. The Morgan fingerprint density at radius 1 is 0.897 bits per heavy atom. The summed E-state index contributed by atoms with van der Waals surface area (Å²) in [6.45, 7) is 14.7. The number of hydrogen-bond acceptors (Lipinski definition) is 7. The molecule has 9 nitrogen and oxygen atoms in total. The van der Waals surface area contributed by atoms with Gasteiger partial charge >= 0.3 is 12.1 Å². The predicted octanol–water partition coefficient (Wildman–Crippen LogP) is 10.8. The number of halogens is 4. The number of nitrogens with one attached hydrogen (secondary N) is 1. The number of alkyl halides is 3. The van der Waals surface area contributed by atoms with Crippen molar-refractivity contribution in [3.05, 3.63) is 135 Å². The minimum atomic E-state index is -4.68. The number of methoxy groups -OCH3 is 1. The van der Waals surface area contributed by atoms with Gasteiger partial charge in [0.15, 0.2) is 0 Å². The molecule has 0 bridgehead atoms. The first-order chi connectivity index (χ1) is 27.1. The molecule has 5 rings (SSSR count). The Morgan fingerprint density at radius 3 is 2.07 bits per heavy atom. The number of allylic oxidation sites excluding steroid dienone is 2. The second-order valence-corrected chi connectivity index (χ2v) is 15.9. The van der Waals surface area contributed by atoms with Crippen molar-refractivity contribution >= 4 is 29.4 Å². The van der Waals surface area contributed by atoms with Crippen LogP contribution < -0.4 is 14.9 Å². The molecule has 306 valence electrons. The first-order valence-corrected chi connectivity index (χ1v) is 18.7. The summed E-state index contributed by atoms with van der Waals surface area (Å²) in [5.41, 5.74) is 5.57. The average molecular weight is 818 g/mol. The molecule has 2 amide bonds. The highest BCUT2D eigenvalue weighted by Crippen LogP contribution is 2.60. The van der Waals surface area contributed by atoms with Crippen LogP contribution in [-0.2, 0) is 9.53 Å². The molecule has 0 radical (unpaired) electrons. The zero-order chi connectivity index (χ0) is 43.2. The Morgan fingerprint density at radius 2 is 1.50 bits per heavy atom. The molecule has 4 aromatic carbocycles. The van der Waals surface area contributed by atoms with Gasteiger partial charge in [-0.05, 0) is 101 Å². The van der Waals surface area contributed by atoms with Crippen molar-refractivity contribution in [2.24, 2.45) is 17.3 Å². The van der Waals surface area contributed by atoms with Gasteiger partial charge < -0.3 is 14.2 Å². The van der Waals surface area contributed by atoms with Gasteiger partial charge in [0.1, 0.15) is 28.4 Å². The Kier molecular flexibility index (Phi) is 14.1. The van der Waals surface area contributed by atoms with Crippen LogP contribution in [0.15, 0.2) is 102 Å². The van der Waals surface area contributed by atoms with Crippen LogP contribution in [0.25, 0.3) is 0 Å². The molecule has 1 aliphatic carbocycles. The number of hydrogen-bond donors (Lipinski definition) is 1. The third-order valence-electron chi connectivity index (χ3n) is 9.56. The van der Waals surface area contributed by atoms with Crippen LogP contribution in [0.1, 0.15) is 83.7 Å². The average Bonchev–Trinajstić information content (AvgIpc) is 3.70. The fraction of sp³-hybridized carbons (Fsp3) is 0.333. The number of aryl methyl sites for hydroxylation is 2. The van der Waals surface area contributed by atoms with Gasteiger partial charge in [0.25, 0.3) is 11.8 Å². The number of carbonyl (C=O) groups is 3. The molecule has 58 heavy (non-hydrogen) atoms. The van der Waals surface area contributed by atoms with Crippen molar-refractivity contribution in [2.75, 3.05) is 7.11 Å². The van der Waals surface area contributed by atoms with Crippen LogP contribution in [0.5, 0.6) is 17.2 Å². The van der Waals surface area contributed by atoms with E-state index in [1.807, 2.05) is 84.0 Å². The number of esters is 1. The fourth-order valence-electron chi connectivity index (χ4n) is 6.41. The van der Waals surface area contributed by atoms with Gasteiger partial charge in [-0.25, -0.2) is 5.01 Å². The van der Waals surface area contributed by atoms with Crippen molar-refractivity contribution < 1.29 is 41.8 Å². The van der Waals surface area contributed by atoms with Crippen molar-refractivity contribution in [1.29, 1.82) is 5.26 Å². The molecule has 0 spiro atoms. The molecule has 0 saturated heterocycles. The Hall–Kier alpha value is -5.80. The lowest BCUT2D eigenvalue weighted by molar-refractivity contribution is -0.149. The van der Waals surface area contributed by atoms with Gasteiger partial charge in [-0.15, -0.1) is 0 Å². The number of rotatable bonds is 9. The molecule has 4 aromatic rings. The molecule has 0 aliphatic heterocycles. The number of nitriles is 1. The summed E-state index contributed by atoms with van der Waals surface area (Å²) in [6, 6.07) is 28.4. The second kappa shape index (κ2) is 18.2. The number of nitrogens with zero attached hydrogens (tertiary/aromatic N) is 2. The second-order valence-electron chi connectivity index (χ2n) is 15.5. The van der Waals surface area contributed by atoms with Gasteiger partial charge in [-0.1, -0.05) is 85.1 Å². The largest absolute Gasteiger partial charge is 0.496 e. The minimum Gasteiger partial charge on any atom is -0.496 e. The lowest BCUT2D eigenvalue weighted by Crippen LogP contribution is -2.56. The maximum atomic E-state index is 13.2. The first kappa shape index (κ1) is 44.9. The third kappa shape index (κ3) is 11.2. The minimum absolute atomic E-state index is 0.247. The monoisotopic (exact) mass is 817 g/mol. The molecule has 1 fully saturated rings. The van der Waals surface area contributed by atoms with Gasteiger partial charge in [0.05, 0.1) is 18.6 Å². The standard InChI is InChI=1S/C23H19ClF3NO3.C22H28N2O3/c1-22(2)17(12-19(24)23(25,26)27)20(22)21(29)31-18(13-28)14-7-6-10-16(11-14)30-15-8-4-3-5-9-15;1-14-11-15(2)13-17(12-14)21(26)24(22(4,5)6)23-20(25)18-9-8-10-19(27-7)16(18)3/h3-12,17-18,20H,1-2H3;8-13H,1-7H3,(H,23,25)/b19-12-;/t17-,18?,20-;/m0./s1. The number of benzene rings is 4. The van der Waals surface area contributed by atoms with E-state index >= 15 is 0 Å². The lowest BCUT2D eigenvalue weighted by atomic mass is 10.0. The highest BCUT2D eigenvalue weighted by Gasteiger charge is 2.62. The summed E-state index contributed by atoms with van der Waals surface area (Å²) in [6.07, 6.45) is -5.07. The maximum absolute atomic E-state index is 13.2. The van der Waals surface area contributed by atoms with E-state index in [9.17, 15) is 32.8 Å². The van der Waals surface area contributed by atoms with E-state index in [0.29, 0.717) is 33.9 Å². The molecule has 13 heteroatoms. The molecule has 1 aliphatic rings. The highest BCUT2D eigenvalue weighted by atomic mass is 35.5. The fourth-order valence-corrected chi connectivity index (χ4v) is 6.54. The van der Waals surface area contributed by atoms with E-state index < -0.39 is 46.1 Å². The summed E-state index contributed by atoms with van der Waals surface area (Å²) in [5, 5.41) is 9.63. The van der Waals surface area contributed by atoms with Gasteiger partial charge in [0.2, 0.25) is 6.10 Å². The van der Waals surface area contributed by atoms with E-state index in [4.69, 9.17) is 25.8 Å². The number of carbonyl (C=O) groups excluding carboxylic acids is 3. The van der Waals surface area contributed by atoms with E-state index in [-0.39, 0.29) is 11.8 Å². The van der Waals surface area contributed by atoms with E-state index in [1.54, 1.807) is 75.6 Å². The highest BCUT2D eigenvalue weighted by molar-refractivity contribution is 6.30. The summed E-state index contributed by atoms with van der Waals surface area (Å²) in [4.78, 5) is 38.7. The quantitative estimate of drug-likeness (QED) is 0.132. The van der Waals surface area contributed by atoms with E-state index in [0.717, 1.165) is 22.8 Å². The Bertz CT molecular complexity index is 2190. The molecule has 1 N–H and O–H groups in total. The van der Waals surface area contributed by atoms with Crippen molar-refractivity contribution in [1.82, 2.24) is 10.4 Å². The number of amides is 2. The summed E-state index contributed by atoms with van der Waals surface area (Å²) < 4.78 is 54.5. The predicted molar refractivity (Wildman–Crippen MR) is 215 cm³/mol. The van der Waals surface area contributed by atoms with Crippen molar-refractivity contribution in [3.8, 4) is 23.3 Å². The third-order valence-corrected chi connectivity index (χ3v) is 9.90. The van der Waals surface area contributed by atoms with E-state index in [1.165, 1.54) is 5.01 Å². The zero-order valence-electron chi connectivity index (χ0n) is 33.8. The summed E-state index contributed by atoms with van der Waals surface area (Å²) in [5.74, 6) is -1.23. The SMILES string of the molecule is CC1(C)[C@H](C(=O)OC(C#N)c2cccc(Oc3ccccc3)c2)[C@@H]1/C=C(\Cl)C(F)(F)F.COc1cccc(C(=O)NN(C(=O)c2cc(C)cc(C)c2)C(C)(C)C)c1C. The topological polar surface area (TPSA) is 118 Å². The van der Waals surface area contributed by atoms with Crippen molar-refractivity contribution in [3.63, 3.8) is 0 Å². The molecule has 0 heterocycles. The Labute approximate surface area is 342 Å². The normalized spacial score (nSPS) is 16.4. The Balaban J connectivity index is 0.000000259. The van der Waals surface area contributed by atoms with Crippen molar-refractivity contribution in [2.45, 2.75) is 73.2 Å². The number of ether oxygens (including phenoxy) is 3. The number of hydrazine groups is 1. The number of para-hydroxylation sites is 1. The molecule has 0 aromatic heterocycles. The first-order valence-electron chi connectivity index (χ1n) is 18.3. The zero-order valence-corrected chi connectivity index (χ0v) is 34.6. The van der Waals surface area contributed by atoms with Crippen LogP contribution >= 0.6 is 11.6 Å². The van der Waals surface area contributed by atoms with Gasteiger partial charge in [0, 0.05) is 22.3 Å².